The highest BCUT2D eigenvalue weighted by molar-refractivity contribution is 7.18. The molecule has 0 atom stereocenters. The minimum absolute atomic E-state index is 0.211. The molecular formula is C10H7F3N2OS. The van der Waals surface area contributed by atoms with E-state index in [-0.39, 0.29) is 6.54 Å². The predicted molar refractivity (Wildman–Crippen MR) is 57.5 cm³/mol. The number of alkyl halides is 3. The second-order valence-corrected chi connectivity index (χ2v) is 4.37. The number of hydrogen-bond donors (Lipinski definition) is 1. The van der Waals surface area contributed by atoms with Gasteiger partial charge in [-0.3, -0.25) is 4.79 Å². The monoisotopic (exact) mass is 260 g/mol. The fraction of sp³-hybridized carbons (Fsp3) is 0.200. The van der Waals surface area contributed by atoms with Gasteiger partial charge in [0.05, 0.1) is 16.8 Å². The van der Waals surface area contributed by atoms with Crippen LogP contribution >= 0.6 is 11.3 Å². The van der Waals surface area contributed by atoms with E-state index in [2.05, 4.69) is 4.98 Å². The fourth-order valence-corrected chi connectivity index (χ4v) is 2.16. The predicted octanol–water partition coefficient (Wildman–Crippen LogP) is 2.47. The summed E-state index contributed by atoms with van der Waals surface area (Å²) in [6.45, 7) is -0.211. The first-order valence-electron chi connectivity index (χ1n) is 4.66. The van der Waals surface area contributed by atoms with Crippen LogP contribution in [0.2, 0.25) is 0 Å². The van der Waals surface area contributed by atoms with E-state index >= 15 is 0 Å². The summed E-state index contributed by atoms with van der Waals surface area (Å²) in [6, 6.07) is 7.20. The summed E-state index contributed by atoms with van der Waals surface area (Å²) in [7, 11) is 0. The van der Waals surface area contributed by atoms with Crippen molar-refractivity contribution in [2.75, 3.05) is 0 Å². The van der Waals surface area contributed by atoms with Crippen LogP contribution in [0.3, 0.4) is 0 Å². The highest BCUT2D eigenvalue weighted by atomic mass is 32.1. The largest absolute Gasteiger partial charge is 0.471 e. The van der Waals surface area contributed by atoms with Crippen molar-refractivity contribution >= 4 is 27.5 Å². The molecule has 1 aromatic heterocycles. The second-order valence-electron chi connectivity index (χ2n) is 3.26. The molecule has 0 aliphatic rings. The van der Waals surface area contributed by atoms with Gasteiger partial charge in [0.1, 0.15) is 5.01 Å². The molecule has 0 bridgehead atoms. The minimum Gasteiger partial charge on any atom is -0.342 e. The van der Waals surface area contributed by atoms with E-state index in [0.29, 0.717) is 10.5 Å². The van der Waals surface area contributed by atoms with Crippen LogP contribution in [0.1, 0.15) is 5.01 Å². The van der Waals surface area contributed by atoms with Crippen LogP contribution in [0.4, 0.5) is 13.2 Å². The number of carbonyl (C=O) groups excluding carboxylic acids is 1. The fourth-order valence-electron chi connectivity index (χ4n) is 1.25. The zero-order valence-corrected chi connectivity index (χ0v) is 9.23. The van der Waals surface area contributed by atoms with E-state index in [1.165, 1.54) is 11.3 Å². The zero-order valence-electron chi connectivity index (χ0n) is 8.41. The number of thiazole rings is 1. The molecule has 0 aliphatic carbocycles. The molecule has 0 saturated carbocycles. The lowest BCUT2D eigenvalue weighted by atomic mass is 10.3. The van der Waals surface area contributed by atoms with Crippen molar-refractivity contribution in [1.82, 2.24) is 10.3 Å². The number of carbonyl (C=O) groups is 1. The summed E-state index contributed by atoms with van der Waals surface area (Å²) in [6.07, 6.45) is -4.85. The van der Waals surface area contributed by atoms with Gasteiger partial charge in [-0.2, -0.15) is 13.2 Å². The topological polar surface area (TPSA) is 42.0 Å². The summed E-state index contributed by atoms with van der Waals surface area (Å²) in [5, 5.41) is 2.23. The maximum atomic E-state index is 11.9. The lowest BCUT2D eigenvalue weighted by molar-refractivity contribution is -0.173. The third-order valence-electron chi connectivity index (χ3n) is 2.00. The van der Waals surface area contributed by atoms with Crippen LogP contribution in [0, 0.1) is 0 Å². The number of para-hydroxylation sites is 1. The third kappa shape index (κ3) is 2.73. The molecule has 3 nitrogen and oxygen atoms in total. The van der Waals surface area contributed by atoms with Gasteiger partial charge < -0.3 is 5.32 Å². The Hall–Kier alpha value is -1.63. The number of amides is 1. The molecule has 0 aliphatic heterocycles. The number of fused-ring (bicyclic) bond motifs is 1. The number of nitrogens with one attached hydrogen (secondary N) is 1. The van der Waals surface area contributed by atoms with Gasteiger partial charge in [0, 0.05) is 0 Å². The Bertz CT molecular complexity index is 517. The van der Waals surface area contributed by atoms with Crippen molar-refractivity contribution in [2.45, 2.75) is 12.7 Å². The van der Waals surface area contributed by atoms with Crippen LogP contribution in [0.5, 0.6) is 0 Å². The van der Waals surface area contributed by atoms with Gasteiger partial charge in [0.2, 0.25) is 0 Å². The van der Waals surface area contributed by atoms with Crippen LogP contribution in [-0.2, 0) is 11.3 Å². The van der Waals surface area contributed by atoms with Crippen LogP contribution < -0.4 is 5.32 Å². The minimum atomic E-state index is -4.85. The first kappa shape index (κ1) is 11.8. The standard InChI is InChI=1S/C10H7F3N2OS/c11-10(12,13)9(16)14-5-8-15-6-3-1-2-4-7(6)17-8/h1-4H,5H2,(H,14,16). The first-order chi connectivity index (χ1) is 7.97. The molecule has 0 spiro atoms. The number of benzene rings is 1. The number of rotatable bonds is 2. The van der Waals surface area contributed by atoms with Crippen LogP contribution in [0.25, 0.3) is 10.2 Å². The molecule has 0 unspecified atom stereocenters. The quantitative estimate of drug-likeness (QED) is 0.901. The molecule has 0 radical (unpaired) electrons. The summed E-state index contributed by atoms with van der Waals surface area (Å²) < 4.78 is 36.7. The lowest BCUT2D eigenvalue weighted by Gasteiger charge is -2.05. The molecule has 17 heavy (non-hydrogen) atoms. The molecule has 1 N–H and O–H groups in total. The first-order valence-corrected chi connectivity index (χ1v) is 5.48. The molecule has 1 amide bonds. The normalized spacial score (nSPS) is 11.7. The summed E-state index contributed by atoms with van der Waals surface area (Å²) >= 11 is 1.26. The van der Waals surface area contributed by atoms with Gasteiger partial charge in [0.25, 0.3) is 0 Å². The van der Waals surface area contributed by atoms with Crippen molar-refractivity contribution in [3.63, 3.8) is 0 Å². The van der Waals surface area contributed by atoms with E-state index in [0.717, 1.165) is 4.70 Å². The molecule has 1 heterocycles. The van der Waals surface area contributed by atoms with Crippen molar-refractivity contribution in [3.8, 4) is 0 Å². The highest BCUT2D eigenvalue weighted by Gasteiger charge is 2.38. The molecular weight excluding hydrogens is 253 g/mol. The molecule has 0 saturated heterocycles. The maximum Gasteiger partial charge on any atom is 0.471 e. The Labute approximate surface area is 98.3 Å². The van der Waals surface area contributed by atoms with Gasteiger partial charge in [-0.05, 0) is 12.1 Å². The van der Waals surface area contributed by atoms with Crippen LogP contribution in [0.15, 0.2) is 24.3 Å². The summed E-state index contributed by atoms with van der Waals surface area (Å²) in [4.78, 5) is 14.7. The average Bonchev–Trinajstić information content (AvgIpc) is 2.66. The SMILES string of the molecule is O=C(NCc1nc2ccccc2s1)C(F)(F)F. The van der Waals surface area contributed by atoms with E-state index in [9.17, 15) is 18.0 Å². The van der Waals surface area contributed by atoms with Crippen molar-refractivity contribution in [2.24, 2.45) is 0 Å². The third-order valence-corrected chi connectivity index (χ3v) is 3.03. The molecule has 2 aromatic rings. The smallest absolute Gasteiger partial charge is 0.342 e. The molecule has 2 rings (SSSR count). The van der Waals surface area contributed by atoms with Gasteiger partial charge in [0.15, 0.2) is 0 Å². The maximum absolute atomic E-state index is 11.9. The summed E-state index contributed by atoms with van der Waals surface area (Å²) in [5.41, 5.74) is 0.716. The van der Waals surface area contributed by atoms with Crippen molar-refractivity contribution < 1.29 is 18.0 Å². The van der Waals surface area contributed by atoms with Gasteiger partial charge >= 0.3 is 12.1 Å². The Balaban J connectivity index is 2.07. The Kier molecular flexibility index (Phi) is 3.01. The summed E-state index contributed by atoms with van der Waals surface area (Å²) in [5.74, 6) is -1.95. The lowest BCUT2D eigenvalue weighted by Crippen LogP contribution is -2.36. The zero-order chi connectivity index (χ0) is 12.5. The van der Waals surface area contributed by atoms with E-state index in [1.807, 2.05) is 12.1 Å². The van der Waals surface area contributed by atoms with Crippen LogP contribution in [-0.4, -0.2) is 17.1 Å². The van der Waals surface area contributed by atoms with Gasteiger partial charge in [-0.25, -0.2) is 4.98 Å². The Morgan fingerprint density at radius 1 is 1.35 bits per heavy atom. The highest BCUT2D eigenvalue weighted by Crippen LogP contribution is 2.21. The van der Waals surface area contributed by atoms with Crippen molar-refractivity contribution in [1.29, 1.82) is 0 Å². The van der Waals surface area contributed by atoms with E-state index < -0.39 is 12.1 Å². The number of nitrogens with zero attached hydrogens (tertiary/aromatic N) is 1. The average molecular weight is 260 g/mol. The molecule has 7 heteroatoms. The Morgan fingerprint density at radius 2 is 2.06 bits per heavy atom. The van der Waals surface area contributed by atoms with Gasteiger partial charge in [-0.1, -0.05) is 12.1 Å². The van der Waals surface area contributed by atoms with E-state index in [4.69, 9.17) is 0 Å². The molecule has 90 valence electrons. The number of aromatic nitrogens is 1. The number of hydrogen-bond acceptors (Lipinski definition) is 3. The Morgan fingerprint density at radius 3 is 2.71 bits per heavy atom. The molecule has 0 fully saturated rings. The second kappa shape index (κ2) is 4.33. The van der Waals surface area contributed by atoms with Gasteiger partial charge in [-0.15, -0.1) is 11.3 Å². The van der Waals surface area contributed by atoms with Crippen molar-refractivity contribution in [3.05, 3.63) is 29.3 Å². The van der Waals surface area contributed by atoms with E-state index in [1.54, 1.807) is 17.4 Å². The molecule has 1 aromatic carbocycles. The number of halogens is 3.